The molecule has 2 aromatic rings. The Bertz CT molecular complexity index is 1090. The van der Waals surface area contributed by atoms with Crippen LogP contribution in [0, 0.1) is 0 Å². The Kier molecular flexibility index (Phi) is 7.04. The minimum Gasteiger partial charge on any atom is -0.493 e. The second kappa shape index (κ2) is 10.4. The van der Waals surface area contributed by atoms with E-state index >= 15 is 0 Å². The molecule has 2 aromatic carbocycles. The van der Waals surface area contributed by atoms with Crippen LogP contribution in [0.5, 0.6) is 23.0 Å². The van der Waals surface area contributed by atoms with Crippen LogP contribution in [0.3, 0.4) is 0 Å². The smallest absolute Gasteiger partial charge is 0.227 e. The largest absolute Gasteiger partial charge is 0.493 e. The summed E-state index contributed by atoms with van der Waals surface area (Å²) in [5, 5.41) is 0. The summed E-state index contributed by atoms with van der Waals surface area (Å²) >= 11 is 0. The number of hydrogen-bond acceptors (Lipinski definition) is 6. The van der Waals surface area contributed by atoms with Gasteiger partial charge in [0.1, 0.15) is 13.2 Å². The molecule has 0 radical (unpaired) electrons. The summed E-state index contributed by atoms with van der Waals surface area (Å²) in [7, 11) is 5.59. The fourth-order valence-electron chi connectivity index (χ4n) is 5.60. The lowest BCUT2D eigenvalue weighted by atomic mass is 9.87. The summed E-state index contributed by atoms with van der Waals surface area (Å²) in [5.41, 5.74) is 4.99. The third kappa shape index (κ3) is 5.06. The number of fused-ring (bicyclic) bond motifs is 3. The van der Waals surface area contributed by atoms with E-state index in [9.17, 15) is 4.79 Å². The Labute approximate surface area is 207 Å². The van der Waals surface area contributed by atoms with Gasteiger partial charge in [0.2, 0.25) is 5.91 Å². The number of nitrogens with zero attached hydrogens (tertiary/aromatic N) is 2. The molecular weight excluding hydrogens is 444 g/mol. The Morgan fingerprint density at radius 1 is 0.943 bits per heavy atom. The molecule has 1 amide bonds. The van der Waals surface area contributed by atoms with E-state index in [1.165, 1.54) is 16.7 Å². The van der Waals surface area contributed by atoms with Crippen molar-refractivity contribution in [2.45, 2.75) is 44.6 Å². The maximum atomic E-state index is 13.0. The lowest BCUT2D eigenvalue weighted by molar-refractivity contribution is -0.130. The molecule has 0 N–H and O–H groups in total. The minimum absolute atomic E-state index is 0.204. The average molecular weight is 481 g/mol. The van der Waals surface area contributed by atoms with Gasteiger partial charge >= 0.3 is 0 Å². The Morgan fingerprint density at radius 3 is 2.31 bits per heavy atom. The van der Waals surface area contributed by atoms with E-state index in [4.69, 9.17) is 18.9 Å². The van der Waals surface area contributed by atoms with Gasteiger partial charge in [-0.05, 0) is 92.2 Å². The van der Waals surface area contributed by atoms with Gasteiger partial charge in [-0.3, -0.25) is 4.79 Å². The van der Waals surface area contributed by atoms with Gasteiger partial charge < -0.3 is 28.7 Å². The highest BCUT2D eigenvalue weighted by Gasteiger charge is 2.26. The number of hydrogen-bond donors (Lipinski definition) is 0. The number of carbonyl (C=O) groups excluding carboxylic acids is 1. The van der Waals surface area contributed by atoms with E-state index in [1.807, 2.05) is 11.0 Å². The first kappa shape index (κ1) is 23.8. The van der Waals surface area contributed by atoms with E-state index in [2.05, 4.69) is 30.1 Å². The Morgan fingerprint density at radius 2 is 1.60 bits per heavy atom. The standard InChI is InChI=1S/C28H36N2O5/c1-29(23-6-5-19-14-24(32-2)25(33-3)16-21(19)13-23)8-4-9-30-10-7-20-15-26-27(35-12-11-34-26)17-22(20)18-28(30)31/h14-17,23H,4-13,18H2,1-3H3. The van der Waals surface area contributed by atoms with Gasteiger partial charge in [0.05, 0.1) is 20.6 Å². The molecule has 2 aliphatic heterocycles. The lowest BCUT2D eigenvalue weighted by Gasteiger charge is -2.33. The number of benzene rings is 2. The van der Waals surface area contributed by atoms with Gasteiger partial charge in [-0.1, -0.05) is 0 Å². The van der Waals surface area contributed by atoms with Crippen LogP contribution in [-0.4, -0.2) is 75.9 Å². The van der Waals surface area contributed by atoms with E-state index in [-0.39, 0.29) is 5.91 Å². The first-order valence-electron chi connectivity index (χ1n) is 12.7. The molecule has 1 unspecified atom stereocenters. The maximum Gasteiger partial charge on any atom is 0.227 e. The van der Waals surface area contributed by atoms with Gasteiger partial charge in [0, 0.05) is 19.1 Å². The van der Waals surface area contributed by atoms with Gasteiger partial charge in [0.25, 0.3) is 0 Å². The Balaban J connectivity index is 1.15. The first-order chi connectivity index (χ1) is 17.1. The third-order valence-corrected chi connectivity index (χ3v) is 7.68. The predicted octanol–water partition coefficient (Wildman–Crippen LogP) is 3.28. The summed E-state index contributed by atoms with van der Waals surface area (Å²) in [6, 6.07) is 8.83. The zero-order valence-electron chi connectivity index (χ0n) is 21.1. The van der Waals surface area contributed by atoms with Crippen LogP contribution < -0.4 is 18.9 Å². The minimum atomic E-state index is 0.204. The van der Waals surface area contributed by atoms with Gasteiger partial charge in [0.15, 0.2) is 23.0 Å². The summed E-state index contributed by atoms with van der Waals surface area (Å²) in [6.45, 7) is 3.66. The molecule has 7 heteroatoms. The first-order valence-corrected chi connectivity index (χ1v) is 12.7. The van der Waals surface area contributed by atoms with Gasteiger partial charge in [-0.2, -0.15) is 0 Å². The van der Waals surface area contributed by atoms with Crippen LogP contribution in [0.15, 0.2) is 24.3 Å². The number of likely N-dealkylation sites (N-methyl/N-ethyl adjacent to an activating group) is 1. The topological polar surface area (TPSA) is 60.5 Å². The number of rotatable bonds is 7. The molecule has 0 bridgehead atoms. The quantitative estimate of drug-likeness (QED) is 0.606. The number of amides is 1. The number of aryl methyl sites for hydroxylation is 1. The molecular formula is C28H36N2O5. The average Bonchev–Trinajstić information content (AvgIpc) is 3.03. The van der Waals surface area contributed by atoms with Crippen LogP contribution >= 0.6 is 0 Å². The van der Waals surface area contributed by atoms with E-state index in [1.54, 1.807) is 14.2 Å². The van der Waals surface area contributed by atoms with Crippen LogP contribution in [-0.2, 0) is 30.5 Å². The highest BCUT2D eigenvalue weighted by Crippen LogP contribution is 2.36. The summed E-state index contributed by atoms with van der Waals surface area (Å²) in [4.78, 5) is 17.5. The van der Waals surface area contributed by atoms with Crippen molar-refractivity contribution in [3.05, 3.63) is 46.5 Å². The second-order valence-electron chi connectivity index (χ2n) is 9.78. The summed E-state index contributed by atoms with van der Waals surface area (Å²) in [5.74, 6) is 3.39. The van der Waals surface area contributed by atoms with Crippen LogP contribution in [0.4, 0.5) is 0 Å². The van der Waals surface area contributed by atoms with Crippen LogP contribution in [0.2, 0.25) is 0 Å². The second-order valence-corrected chi connectivity index (χ2v) is 9.78. The molecule has 188 valence electrons. The van der Waals surface area contributed by atoms with Crippen LogP contribution in [0.1, 0.15) is 35.1 Å². The fourth-order valence-corrected chi connectivity index (χ4v) is 5.60. The molecule has 0 saturated carbocycles. The van der Waals surface area contributed by atoms with Crippen molar-refractivity contribution < 1.29 is 23.7 Å². The SMILES string of the molecule is COc1cc2c(cc1OC)CC(N(C)CCCN1CCc3cc4c(cc3CC1=O)OCCO4)CC2. The molecule has 2 heterocycles. The predicted molar refractivity (Wildman–Crippen MR) is 134 cm³/mol. The zero-order chi connectivity index (χ0) is 24.4. The summed E-state index contributed by atoms with van der Waals surface area (Å²) < 4.78 is 22.4. The van der Waals surface area contributed by atoms with Crippen molar-refractivity contribution in [3.63, 3.8) is 0 Å². The molecule has 35 heavy (non-hydrogen) atoms. The lowest BCUT2D eigenvalue weighted by Crippen LogP contribution is -2.39. The highest BCUT2D eigenvalue weighted by molar-refractivity contribution is 5.80. The van der Waals surface area contributed by atoms with Crippen molar-refractivity contribution in [2.75, 3.05) is 54.1 Å². The van der Waals surface area contributed by atoms with Crippen molar-refractivity contribution in [3.8, 4) is 23.0 Å². The van der Waals surface area contributed by atoms with E-state index in [0.717, 1.165) is 80.3 Å². The molecule has 3 aliphatic rings. The fraction of sp³-hybridized carbons (Fsp3) is 0.536. The zero-order valence-corrected chi connectivity index (χ0v) is 21.1. The molecule has 0 spiro atoms. The van der Waals surface area contributed by atoms with E-state index < -0.39 is 0 Å². The molecule has 0 saturated heterocycles. The molecule has 0 fully saturated rings. The number of carbonyl (C=O) groups is 1. The van der Waals surface area contributed by atoms with Gasteiger partial charge in [-0.15, -0.1) is 0 Å². The summed E-state index contributed by atoms with van der Waals surface area (Å²) in [6.07, 6.45) is 5.46. The normalized spacial score (nSPS) is 19.1. The van der Waals surface area contributed by atoms with E-state index in [0.29, 0.717) is 25.7 Å². The molecule has 1 aliphatic carbocycles. The molecule has 7 nitrogen and oxygen atoms in total. The van der Waals surface area contributed by atoms with Crippen molar-refractivity contribution in [1.29, 1.82) is 0 Å². The third-order valence-electron chi connectivity index (χ3n) is 7.68. The van der Waals surface area contributed by atoms with Gasteiger partial charge in [-0.25, -0.2) is 0 Å². The van der Waals surface area contributed by atoms with Crippen molar-refractivity contribution in [2.24, 2.45) is 0 Å². The monoisotopic (exact) mass is 480 g/mol. The number of ether oxygens (including phenoxy) is 4. The molecule has 5 rings (SSSR count). The number of methoxy groups -OCH3 is 2. The van der Waals surface area contributed by atoms with Crippen molar-refractivity contribution in [1.82, 2.24) is 9.80 Å². The highest BCUT2D eigenvalue weighted by atomic mass is 16.6. The van der Waals surface area contributed by atoms with Crippen LogP contribution in [0.25, 0.3) is 0 Å². The molecule has 1 atom stereocenters. The maximum absolute atomic E-state index is 13.0. The Hall–Kier alpha value is -2.93. The van der Waals surface area contributed by atoms with Crippen molar-refractivity contribution >= 4 is 5.91 Å². The molecule has 0 aromatic heterocycles.